The summed E-state index contributed by atoms with van der Waals surface area (Å²) in [6.07, 6.45) is 0.925. The molecule has 1 unspecified atom stereocenters. The molecule has 0 aromatic heterocycles. The molecule has 1 aromatic carbocycles. The van der Waals surface area contributed by atoms with Crippen LogP contribution in [0, 0.1) is 5.92 Å². The lowest BCUT2D eigenvalue weighted by molar-refractivity contribution is 0.00857. The Morgan fingerprint density at radius 2 is 1.96 bits per heavy atom. The van der Waals surface area contributed by atoms with Crippen molar-refractivity contribution >= 4 is 11.7 Å². The summed E-state index contributed by atoms with van der Waals surface area (Å²) >= 11 is 0. The summed E-state index contributed by atoms with van der Waals surface area (Å²) in [4.78, 5) is 14.5. The second kappa shape index (κ2) is 8.06. The zero-order valence-electron chi connectivity index (χ0n) is 14.3. The summed E-state index contributed by atoms with van der Waals surface area (Å²) in [7, 11) is 3.17. The molecule has 1 fully saturated rings. The number of nitrogens with one attached hydrogen (secondary N) is 1. The molecular formula is C17H26N2O4. The smallest absolute Gasteiger partial charge is 0.322 e. The van der Waals surface area contributed by atoms with Crippen molar-refractivity contribution < 1.29 is 19.0 Å². The van der Waals surface area contributed by atoms with Crippen LogP contribution in [0.2, 0.25) is 0 Å². The summed E-state index contributed by atoms with van der Waals surface area (Å²) in [6, 6.07) is 5.31. The van der Waals surface area contributed by atoms with Crippen molar-refractivity contribution in [2.75, 3.05) is 39.3 Å². The van der Waals surface area contributed by atoms with Crippen LogP contribution < -0.4 is 14.8 Å². The van der Waals surface area contributed by atoms with Gasteiger partial charge in [-0.3, -0.25) is 0 Å². The summed E-state index contributed by atoms with van der Waals surface area (Å²) in [5.74, 6) is 1.79. The van der Waals surface area contributed by atoms with Crippen LogP contribution in [-0.2, 0) is 4.74 Å². The van der Waals surface area contributed by atoms with Crippen LogP contribution in [0.3, 0.4) is 0 Å². The average Bonchev–Trinajstić information content (AvgIpc) is 2.54. The highest BCUT2D eigenvalue weighted by atomic mass is 16.5. The van der Waals surface area contributed by atoms with Gasteiger partial charge in [-0.05, 0) is 12.3 Å². The number of hydrogen-bond acceptors (Lipinski definition) is 4. The van der Waals surface area contributed by atoms with E-state index in [-0.39, 0.29) is 12.1 Å². The summed E-state index contributed by atoms with van der Waals surface area (Å²) < 4.78 is 16.0. The largest absolute Gasteiger partial charge is 0.497 e. The number of carbonyl (C=O) groups is 1. The number of hydrogen-bond donors (Lipinski definition) is 1. The number of amides is 2. The molecule has 1 atom stereocenters. The van der Waals surface area contributed by atoms with Crippen LogP contribution in [0.5, 0.6) is 11.5 Å². The Morgan fingerprint density at radius 3 is 2.52 bits per heavy atom. The predicted octanol–water partition coefficient (Wildman–Crippen LogP) is 2.98. The highest BCUT2D eigenvalue weighted by Crippen LogP contribution is 2.26. The number of ether oxygens (including phenoxy) is 3. The van der Waals surface area contributed by atoms with Gasteiger partial charge in [-0.15, -0.1) is 0 Å². The van der Waals surface area contributed by atoms with Gasteiger partial charge < -0.3 is 24.4 Å². The number of urea groups is 1. The van der Waals surface area contributed by atoms with Crippen molar-refractivity contribution in [2.45, 2.75) is 26.3 Å². The number of rotatable bonds is 5. The molecule has 0 saturated carbocycles. The maximum Gasteiger partial charge on any atom is 0.322 e. The van der Waals surface area contributed by atoms with Crippen molar-refractivity contribution in [2.24, 2.45) is 5.92 Å². The quantitative estimate of drug-likeness (QED) is 0.905. The van der Waals surface area contributed by atoms with E-state index in [2.05, 4.69) is 19.2 Å². The monoisotopic (exact) mass is 322 g/mol. The molecule has 1 aliphatic rings. The van der Waals surface area contributed by atoms with Gasteiger partial charge in [0, 0.05) is 30.4 Å². The molecular weight excluding hydrogens is 296 g/mol. The number of methoxy groups -OCH3 is 2. The van der Waals surface area contributed by atoms with E-state index in [4.69, 9.17) is 14.2 Å². The highest BCUT2D eigenvalue weighted by Gasteiger charge is 2.28. The van der Waals surface area contributed by atoms with Gasteiger partial charge in [0.05, 0.1) is 33.5 Å². The normalized spacial score (nSPS) is 18.0. The van der Waals surface area contributed by atoms with Gasteiger partial charge in [-0.25, -0.2) is 4.79 Å². The topological polar surface area (TPSA) is 60.0 Å². The van der Waals surface area contributed by atoms with Crippen molar-refractivity contribution in [3.63, 3.8) is 0 Å². The molecule has 0 bridgehead atoms. The number of benzene rings is 1. The Hall–Kier alpha value is -1.95. The van der Waals surface area contributed by atoms with E-state index in [0.717, 1.165) is 6.42 Å². The van der Waals surface area contributed by atoms with Crippen LogP contribution >= 0.6 is 0 Å². The molecule has 1 aliphatic heterocycles. The zero-order chi connectivity index (χ0) is 16.8. The number of morpholine rings is 1. The van der Waals surface area contributed by atoms with Crippen molar-refractivity contribution in [1.82, 2.24) is 4.90 Å². The molecule has 1 heterocycles. The maximum atomic E-state index is 12.6. The van der Waals surface area contributed by atoms with Crippen LogP contribution in [0.25, 0.3) is 0 Å². The van der Waals surface area contributed by atoms with E-state index >= 15 is 0 Å². The fourth-order valence-electron chi connectivity index (χ4n) is 2.74. The summed E-state index contributed by atoms with van der Waals surface area (Å²) in [6.45, 7) is 6.07. The summed E-state index contributed by atoms with van der Waals surface area (Å²) in [5.41, 5.74) is 0.654. The summed E-state index contributed by atoms with van der Waals surface area (Å²) in [5, 5.41) is 2.94. The third-order valence-electron chi connectivity index (χ3n) is 3.83. The molecule has 6 nitrogen and oxygen atoms in total. The Balaban J connectivity index is 2.10. The van der Waals surface area contributed by atoms with E-state index in [1.165, 1.54) is 0 Å². The van der Waals surface area contributed by atoms with E-state index in [1.807, 2.05) is 4.90 Å². The fourth-order valence-corrected chi connectivity index (χ4v) is 2.74. The molecule has 2 amide bonds. The molecule has 2 rings (SSSR count). The SMILES string of the molecule is COc1cc(NC(=O)N2CCOCC2CC(C)C)cc(OC)c1. The van der Waals surface area contributed by atoms with Crippen LogP contribution in [0.15, 0.2) is 18.2 Å². The first kappa shape index (κ1) is 17.4. The standard InChI is InChI=1S/C17H26N2O4/c1-12(2)7-14-11-23-6-5-19(14)17(20)18-13-8-15(21-3)10-16(9-13)22-4/h8-10,12,14H,5-7,11H2,1-4H3,(H,18,20). The molecule has 0 spiro atoms. The molecule has 0 aliphatic carbocycles. The number of anilines is 1. The Labute approximate surface area is 137 Å². The minimum Gasteiger partial charge on any atom is -0.497 e. The Morgan fingerprint density at radius 1 is 1.30 bits per heavy atom. The molecule has 1 aromatic rings. The third-order valence-corrected chi connectivity index (χ3v) is 3.83. The van der Waals surface area contributed by atoms with Crippen LogP contribution in [0.4, 0.5) is 10.5 Å². The number of nitrogens with zero attached hydrogens (tertiary/aromatic N) is 1. The molecule has 6 heteroatoms. The van der Waals surface area contributed by atoms with Crippen molar-refractivity contribution in [1.29, 1.82) is 0 Å². The molecule has 0 radical (unpaired) electrons. The van der Waals surface area contributed by atoms with Crippen LogP contribution in [-0.4, -0.2) is 51.0 Å². The second-order valence-electron chi connectivity index (χ2n) is 6.08. The third kappa shape index (κ3) is 4.76. The first-order valence-electron chi connectivity index (χ1n) is 7.92. The Kier molecular flexibility index (Phi) is 6.10. The first-order valence-corrected chi connectivity index (χ1v) is 7.92. The molecule has 23 heavy (non-hydrogen) atoms. The van der Waals surface area contributed by atoms with E-state index < -0.39 is 0 Å². The zero-order valence-corrected chi connectivity index (χ0v) is 14.3. The van der Waals surface area contributed by atoms with Gasteiger partial charge in [0.2, 0.25) is 0 Å². The van der Waals surface area contributed by atoms with Gasteiger partial charge in [0.15, 0.2) is 0 Å². The van der Waals surface area contributed by atoms with Gasteiger partial charge >= 0.3 is 6.03 Å². The molecule has 128 valence electrons. The van der Waals surface area contributed by atoms with Gasteiger partial charge in [-0.2, -0.15) is 0 Å². The molecule has 1 saturated heterocycles. The minimum atomic E-state index is -0.116. The predicted molar refractivity (Wildman–Crippen MR) is 89.3 cm³/mol. The number of carbonyl (C=O) groups excluding carboxylic acids is 1. The van der Waals surface area contributed by atoms with Gasteiger partial charge in [0.25, 0.3) is 0 Å². The fraction of sp³-hybridized carbons (Fsp3) is 0.588. The highest BCUT2D eigenvalue weighted by molar-refractivity contribution is 5.90. The van der Waals surface area contributed by atoms with E-state index in [1.54, 1.807) is 32.4 Å². The first-order chi connectivity index (χ1) is 11.0. The maximum absolute atomic E-state index is 12.6. The van der Waals surface area contributed by atoms with E-state index in [9.17, 15) is 4.79 Å². The second-order valence-corrected chi connectivity index (χ2v) is 6.08. The minimum absolute atomic E-state index is 0.108. The van der Waals surface area contributed by atoms with E-state index in [0.29, 0.717) is 42.9 Å². The van der Waals surface area contributed by atoms with Gasteiger partial charge in [0.1, 0.15) is 11.5 Å². The lowest BCUT2D eigenvalue weighted by Gasteiger charge is -2.36. The lowest BCUT2D eigenvalue weighted by Crippen LogP contribution is -2.50. The Bertz CT molecular complexity index is 511. The van der Waals surface area contributed by atoms with Crippen LogP contribution in [0.1, 0.15) is 20.3 Å². The lowest BCUT2D eigenvalue weighted by atomic mass is 10.0. The van der Waals surface area contributed by atoms with Crippen molar-refractivity contribution in [3.05, 3.63) is 18.2 Å². The van der Waals surface area contributed by atoms with Gasteiger partial charge in [-0.1, -0.05) is 13.8 Å². The molecule has 1 N–H and O–H groups in total. The average molecular weight is 322 g/mol. The van der Waals surface area contributed by atoms with Crippen molar-refractivity contribution in [3.8, 4) is 11.5 Å².